The van der Waals surface area contributed by atoms with Crippen molar-refractivity contribution in [2.24, 2.45) is 5.73 Å². The smallest absolute Gasteiger partial charge is 0.343 e. The number of carbonyl (C=O) groups excluding carboxylic acids is 1. The van der Waals surface area contributed by atoms with Crippen LogP contribution in [0.15, 0.2) is 57.7 Å². The van der Waals surface area contributed by atoms with E-state index in [1.807, 2.05) is 24.3 Å². The van der Waals surface area contributed by atoms with Gasteiger partial charge in [0.2, 0.25) is 5.91 Å². The maximum absolute atomic E-state index is 12.1. The van der Waals surface area contributed by atoms with Gasteiger partial charge in [-0.1, -0.05) is 24.3 Å². The number of anilines is 1. The highest BCUT2D eigenvalue weighted by Gasteiger charge is 2.13. The van der Waals surface area contributed by atoms with Crippen LogP contribution in [0.1, 0.15) is 24.0 Å². The number of rotatable bonds is 8. The van der Waals surface area contributed by atoms with Crippen LogP contribution >= 0.6 is 0 Å². The average molecular weight is 366 g/mol. The van der Waals surface area contributed by atoms with E-state index in [1.54, 1.807) is 24.3 Å². The van der Waals surface area contributed by atoms with Crippen molar-refractivity contribution in [2.45, 2.75) is 25.7 Å². The van der Waals surface area contributed by atoms with Crippen molar-refractivity contribution in [1.82, 2.24) is 0 Å². The zero-order valence-corrected chi connectivity index (χ0v) is 14.9. The molecule has 3 rings (SSSR count). The van der Waals surface area contributed by atoms with Gasteiger partial charge in [0.25, 0.3) is 0 Å². The molecular weight excluding hydrogens is 344 g/mol. The molecule has 6 nitrogen and oxygen atoms in total. The minimum atomic E-state index is -0.493. The lowest BCUT2D eigenvalue weighted by Crippen LogP contribution is -2.15. The summed E-state index contributed by atoms with van der Waals surface area (Å²) in [6.45, 7) is 0.491. The van der Waals surface area contributed by atoms with Crippen molar-refractivity contribution < 1.29 is 14.3 Å². The summed E-state index contributed by atoms with van der Waals surface area (Å²) in [6.07, 6.45) is 2.15. The quantitative estimate of drug-likeness (QED) is 0.532. The number of benzene rings is 2. The SMILES string of the molecule is NC(=O)CCNc1cccc(CCCc2c(O)c3ccccc3oc2=O)c1. The van der Waals surface area contributed by atoms with E-state index in [9.17, 15) is 14.7 Å². The maximum Gasteiger partial charge on any atom is 0.343 e. The van der Waals surface area contributed by atoms with E-state index in [1.165, 1.54) is 0 Å². The minimum Gasteiger partial charge on any atom is -0.507 e. The highest BCUT2D eigenvalue weighted by molar-refractivity contribution is 5.83. The molecule has 0 aliphatic rings. The number of aromatic hydroxyl groups is 1. The van der Waals surface area contributed by atoms with Gasteiger partial charge in [-0.2, -0.15) is 0 Å². The number of para-hydroxylation sites is 1. The molecule has 0 radical (unpaired) electrons. The third-order valence-electron chi connectivity index (χ3n) is 4.40. The first-order valence-corrected chi connectivity index (χ1v) is 8.89. The van der Waals surface area contributed by atoms with E-state index in [-0.39, 0.29) is 18.1 Å². The van der Waals surface area contributed by atoms with Crippen LogP contribution in [0.4, 0.5) is 5.69 Å². The standard InChI is InChI=1S/C21H22N2O4/c22-19(24)11-12-23-15-7-3-5-14(13-15)6-4-9-17-20(25)16-8-1-2-10-18(16)27-21(17)26/h1-3,5,7-8,10,13,23,25H,4,6,9,11-12H2,(H2,22,24). The average Bonchev–Trinajstić information content (AvgIpc) is 2.64. The molecule has 1 aromatic heterocycles. The Morgan fingerprint density at radius 2 is 1.93 bits per heavy atom. The van der Waals surface area contributed by atoms with E-state index >= 15 is 0 Å². The Hall–Kier alpha value is -3.28. The summed E-state index contributed by atoms with van der Waals surface area (Å²) in [4.78, 5) is 22.9. The second-order valence-electron chi connectivity index (χ2n) is 6.41. The predicted molar refractivity (Wildman–Crippen MR) is 105 cm³/mol. The van der Waals surface area contributed by atoms with Gasteiger partial charge in [-0.3, -0.25) is 4.79 Å². The first-order valence-electron chi connectivity index (χ1n) is 8.89. The van der Waals surface area contributed by atoms with E-state index in [4.69, 9.17) is 10.2 Å². The number of nitrogens with two attached hydrogens (primary N) is 1. The topological polar surface area (TPSA) is 106 Å². The monoisotopic (exact) mass is 366 g/mol. The fourth-order valence-corrected chi connectivity index (χ4v) is 3.03. The molecule has 0 aliphatic heterocycles. The van der Waals surface area contributed by atoms with Gasteiger partial charge in [0.15, 0.2) is 0 Å². The first-order chi connectivity index (χ1) is 13.0. The van der Waals surface area contributed by atoms with Gasteiger partial charge in [-0.05, 0) is 49.1 Å². The number of hydrogen-bond acceptors (Lipinski definition) is 5. The van der Waals surface area contributed by atoms with Crippen molar-refractivity contribution in [3.8, 4) is 5.75 Å². The van der Waals surface area contributed by atoms with Crippen molar-refractivity contribution in [3.05, 3.63) is 70.1 Å². The predicted octanol–water partition coefficient (Wildman–Crippen LogP) is 2.96. The number of fused-ring (bicyclic) bond motifs is 1. The summed E-state index contributed by atoms with van der Waals surface area (Å²) in [7, 11) is 0. The molecule has 27 heavy (non-hydrogen) atoms. The summed E-state index contributed by atoms with van der Waals surface area (Å²) in [5.41, 5.74) is 7.36. The van der Waals surface area contributed by atoms with Crippen LogP contribution in [0.25, 0.3) is 11.0 Å². The van der Waals surface area contributed by atoms with Crippen LogP contribution in [0.2, 0.25) is 0 Å². The molecule has 2 aromatic carbocycles. The van der Waals surface area contributed by atoms with Gasteiger partial charge in [-0.15, -0.1) is 0 Å². The first kappa shape index (κ1) is 18.5. The van der Waals surface area contributed by atoms with Crippen molar-refractivity contribution in [2.75, 3.05) is 11.9 Å². The Labute approximate surface area is 156 Å². The summed E-state index contributed by atoms with van der Waals surface area (Å²) in [6, 6.07) is 14.8. The number of hydrogen-bond donors (Lipinski definition) is 3. The fourth-order valence-electron chi connectivity index (χ4n) is 3.03. The van der Waals surface area contributed by atoms with Crippen molar-refractivity contribution in [3.63, 3.8) is 0 Å². The Balaban J connectivity index is 1.64. The van der Waals surface area contributed by atoms with E-state index in [2.05, 4.69) is 5.32 Å². The third kappa shape index (κ3) is 4.67. The van der Waals surface area contributed by atoms with Gasteiger partial charge < -0.3 is 20.6 Å². The van der Waals surface area contributed by atoms with Crippen molar-refractivity contribution in [1.29, 1.82) is 0 Å². The molecule has 1 amide bonds. The van der Waals surface area contributed by atoms with Crippen LogP contribution in [-0.2, 0) is 17.6 Å². The molecule has 0 saturated heterocycles. The number of aryl methyl sites for hydroxylation is 1. The lowest BCUT2D eigenvalue weighted by molar-refractivity contribution is -0.117. The van der Waals surface area contributed by atoms with Gasteiger partial charge in [0.1, 0.15) is 11.3 Å². The summed E-state index contributed by atoms with van der Waals surface area (Å²) in [5.74, 6) is -0.337. The molecule has 0 atom stereocenters. The zero-order chi connectivity index (χ0) is 19.2. The molecule has 140 valence electrons. The van der Waals surface area contributed by atoms with Gasteiger partial charge in [-0.25, -0.2) is 4.79 Å². The molecule has 0 spiro atoms. The van der Waals surface area contributed by atoms with E-state index < -0.39 is 5.63 Å². The molecule has 0 aliphatic carbocycles. The van der Waals surface area contributed by atoms with E-state index in [0.29, 0.717) is 35.9 Å². The summed E-state index contributed by atoms with van der Waals surface area (Å²) in [5, 5.41) is 14.1. The highest BCUT2D eigenvalue weighted by atomic mass is 16.4. The Bertz CT molecular complexity index is 1010. The van der Waals surface area contributed by atoms with Gasteiger partial charge >= 0.3 is 5.63 Å². The van der Waals surface area contributed by atoms with Crippen LogP contribution < -0.4 is 16.7 Å². The number of carbonyl (C=O) groups is 1. The second-order valence-corrected chi connectivity index (χ2v) is 6.41. The molecular formula is C21H22N2O4. The molecule has 0 bridgehead atoms. The summed E-state index contributed by atoms with van der Waals surface area (Å²) < 4.78 is 5.30. The van der Waals surface area contributed by atoms with Crippen LogP contribution in [0.5, 0.6) is 5.75 Å². The number of primary amides is 1. The van der Waals surface area contributed by atoms with Crippen LogP contribution in [0, 0.1) is 0 Å². The zero-order valence-electron chi connectivity index (χ0n) is 14.9. The Kier molecular flexibility index (Phi) is 5.76. The van der Waals surface area contributed by atoms with E-state index in [0.717, 1.165) is 17.7 Å². The molecule has 6 heteroatoms. The maximum atomic E-state index is 12.1. The second kappa shape index (κ2) is 8.40. The highest BCUT2D eigenvalue weighted by Crippen LogP contribution is 2.27. The molecule has 0 fully saturated rings. The minimum absolute atomic E-state index is 0.00344. The number of nitrogens with one attached hydrogen (secondary N) is 1. The normalized spacial score (nSPS) is 10.8. The Morgan fingerprint density at radius 1 is 1.11 bits per heavy atom. The Morgan fingerprint density at radius 3 is 2.74 bits per heavy atom. The molecule has 3 aromatic rings. The third-order valence-corrected chi connectivity index (χ3v) is 4.40. The lowest BCUT2D eigenvalue weighted by Gasteiger charge is -2.08. The largest absolute Gasteiger partial charge is 0.507 e. The summed E-state index contributed by atoms with van der Waals surface area (Å²) >= 11 is 0. The van der Waals surface area contributed by atoms with Gasteiger partial charge in [0.05, 0.1) is 10.9 Å². The molecule has 4 N–H and O–H groups in total. The molecule has 0 unspecified atom stereocenters. The van der Waals surface area contributed by atoms with Crippen LogP contribution in [-0.4, -0.2) is 17.6 Å². The van der Waals surface area contributed by atoms with Gasteiger partial charge in [0, 0.05) is 18.7 Å². The molecule has 1 heterocycles. The van der Waals surface area contributed by atoms with Crippen molar-refractivity contribution >= 4 is 22.6 Å². The van der Waals surface area contributed by atoms with Crippen LogP contribution in [0.3, 0.4) is 0 Å². The lowest BCUT2D eigenvalue weighted by atomic mass is 10.0. The number of amides is 1. The fraction of sp³-hybridized carbons (Fsp3) is 0.238. The molecule has 0 saturated carbocycles.